The molecule has 2 aliphatic rings. The van der Waals surface area contributed by atoms with Gasteiger partial charge in [-0.05, 0) is 29.7 Å². The van der Waals surface area contributed by atoms with Crippen molar-refractivity contribution in [3.05, 3.63) is 71.0 Å². The van der Waals surface area contributed by atoms with E-state index in [-0.39, 0.29) is 0 Å². The van der Waals surface area contributed by atoms with Crippen LogP contribution in [0.2, 0.25) is 0 Å². The summed E-state index contributed by atoms with van der Waals surface area (Å²) in [6.45, 7) is 2.17. The second kappa shape index (κ2) is 4.06. The van der Waals surface area contributed by atoms with Crippen LogP contribution in [0.1, 0.15) is 28.4 Å². The lowest BCUT2D eigenvalue weighted by atomic mass is 9.87. The highest BCUT2D eigenvalue weighted by Gasteiger charge is 2.36. The average Bonchev–Trinajstić information content (AvgIpc) is 3.17. The van der Waals surface area contributed by atoms with Crippen molar-refractivity contribution in [3.63, 3.8) is 0 Å². The number of fused-ring (bicyclic) bond motifs is 6. The molecule has 1 atom stereocenters. The lowest BCUT2D eigenvalue weighted by Gasteiger charge is -2.39. The Morgan fingerprint density at radius 3 is 2.91 bits per heavy atom. The van der Waals surface area contributed by atoms with E-state index in [2.05, 4.69) is 63.5 Å². The average molecular weight is 299 g/mol. The van der Waals surface area contributed by atoms with Gasteiger partial charge in [0, 0.05) is 52.3 Å². The molecule has 3 heteroatoms. The Morgan fingerprint density at radius 1 is 1.00 bits per heavy atom. The van der Waals surface area contributed by atoms with E-state index in [1.54, 1.807) is 0 Å². The van der Waals surface area contributed by atoms with Gasteiger partial charge in [-0.3, -0.25) is 4.90 Å². The number of benzene rings is 2. The number of rotatable bonds is 0. The molecule has 6 rings (SSSR count). The zero-order valence-corrected chi connectivity index (χ0v) is 12.8. The first-order chi connectivity index (χ1) is 11.4. The first-order valence-corrected chi connectivity index (χ1v) is 8.32. The number of para-hydroxylation sites is 1. The summed E-state index contributed by atoms with van der Waals surface area (Å²) in [5.74, 6) is 0. The smallest absolute Gasteiger partial charge is 0.0781 e. The number of hydrogen-bond donors (Lipinski definition) is 2. The Labute approximate surface area is 133 Å². The zero-order valence-electron chi connectivity index (χ0n) is 12.8. The van der Waals surface area contributed by atoms with Gasteiger partial charge in [0.15, 0.2) is 0 Å². The first kappa shape index (κ1) is 12.0. The molecule has 0 fully saturated rings. The summed E-state index contributed by atoms with van der Waals surface area (Å²) in [6.07, 6.45) is 3.34. The third-order valence-corrected chi connectivity index (χ3v) is 5.62. The van der Waals surface area contributed by atoms with Crippen LogP contribution in [0, 0.1) is 0 Å². The second-order valence-corrected chi connectivity index (χ2v) is 6.77. The van der Waals surface area contributed by atoms with Gasteiger partial charge in [0.25, 0.3) is 0 Å². The van der Waals surface area contributed by atoms with Gasteiger partial charge in [-0.25, -0.2) is 0 Å². The minimum Gasteiger partial charge on any atom is -0.361 e. The van der Waals surface area contributed by atoms with Crippen LogP contribution in [0.15, 0.2) is 48.7 Å². The highest BCUT2D eigenvalue weighted by Crippen LogP contribution is 2.45. The van der Waals surface area contributed by atoms with Crippen molar-refractivity contribution in [2.24, 2.45) is 0 Å². The maximum Gasteiger partial charge on any atom is 0.0781 e. The molecule has 2 aromatic carbocycles. The molecule has 0 spiro atoms. The fourth-order valence-electron chi connectivity index (χ4n) is 4.67. The molecular formula is C20H17N3. The molecule has 0 radical (unpaired) electrons. The van der Waals surface area contributed by atoms with Crippen LogP contribution in [0.25, 0.3) is 21.8 Å². The van der Waals surface area contributed by atoms with E-state index >= 15 is 0 Å². The predicted octanol–water partition coefficient (Wildman–Crippen LogP) is 4.11. The molecule has 3 nitrogen and oxygen atoms in total. The molecule has 0 amide bonds. The van der Waals surface area contributed by atoms with Crippen molar-refractivity contribution in [2.45, 2.75) is 19.0 Å². The first-order valence-electron chi connectivity index (χ1n) is 8.32. The largest absolute Gasteiger partial charge is 0.361 e. The lowest BCUT2D eigenvalue weighted by Crippen LogP contribution is -2.37. The SMILES string of the molecule is c1ccc2c3c([nH]c2c1)C1c2c[nH]c4cccc(c24)CN1CC3. The normalized spacial score (nSPS) is 19.9. The minimum atomic E-state index is 0.356. The van der Waals surface area contributed by atoms with Crippen LogP contribution < -0.4 is 0 Å². The Hall–Kier alpha value is -2.52. The topological polar surface area (TPSA) is 34.8 Å². The van der Waals surface area contributed by atoms with Gasteiger partial charge < -0.3 is 9.97 Å². The van der Waals surface area contributed by atoms with Crippen LogP contribution in [-0.2, 0) is 13.0 Å². The number of hydrogen-bond acceptors (Lipinski definition) is 1. The van der Waals surface area contributed by atoms with Crippen molar-refractivity contribution in [1.82, 2.24) is 14.9 Å². The molecule has 2 aromatic heterocycles. The van der Waals surface area contributed by atoms with E-state index in [4.69, 9.17) is 0 Å². The van der Waals surface area contributed by atoms with Crippen LogP contribution in [0.5, 0.6) is 0 Å². The van der Waals surface area contributed by atoms with Crippen LogP contribution >= 0.6 is 0 Å². The lowest BCUT2D eigenvalue weighted by molar-refractivity contribution is 0.198. The van der Waals surface area contributed by atoms with Gasteiger partial charge in [-0.15, -0.1) is 0 Å². The third-order valence-electron chi connectivity index (χ3n) is 5.62. The highest BCUT2D eigenvalue weighted by atomic mass is 15.2. The minimum absolute atomic E-state index is 0.356. The third kappa shape index (κ3) is 1.43. The molecule has 1 unspecified atom stereocenters. The van der Waals surface area contributed by atoms with Crippen molar-refractivity contribution < 1.29 is 0 Å². The van der Waals surface area contributed by atoms with E-state index in [1.165, 1.54) is 44.2 Å². The highest BCUT2D eigenvalue weighted by molar-refractivity contribution is 5.90. The summed E-state index contributed by atoms with van der Waals surface area (Å²) < 4.78 is 0. The Balaban J connectivity index is 1.68. The van der Waals surface area contributed by atoms with Gasteiger partial charge in [-0.2, -0.15) is 0 Å². The van der Waals surface area contributed by atoms with E-state index in [0.29, 0.717) is 6.04 Å². The van der Waals surface area contributed by atoms with Crippen LogP contribution in [0.4, 0.5) is 0 Å². The molecule has 112 valence electrons. The summed E-state index contributed by atoms with van der Waals surface area (Å²) in [5.41, 5.74) is 8.32. The molecule has 4 heterocycles. The van der Waals surface area contributed by atoms with Crippen molar-refractivity contribution in [2.75, 3.05) is 6.54 Å². The van der Waals surface area contributed by atoms with Crippen molar-refractivity contribution in [3.8, 4) is 0 Å². The van der Waals surface area contributed by atoms with Crippen LogP contribution in [-0.4, -0.2) is 21.4 Å². The monoisotopic (exact) mass is 299 g/mol. The molecular weight excluding hydrogens is 282 g/mol. The maximum atomic E-state index is 3.72. The van der Waals surface area contributed by atoms with Crippen molar-refractivity contribution in [1.29, 1.82) is 0 Å². The molecule has 2 aliphatic heterocycles. The maximum absolute atomic E-state index is 3.72. The fraction of sp³-hybridized carbons (Fsp3) is 0.200. The number of nitrogens with zero attached hydrogens (tertiary/aromatic N) is 1. The quantitative estimate of drug-likeness (QED) is 0.503. The van der Waals surface area contributed by atoms with E-state index in [0.717, 1.165) is 19.5 Å². The fourth-order valence-corrected chi connectivity index (χ4v) is 4.67. The molecule has 0 bridgehead atoms. The molecule has 0 saturated carbocycles. The van der Waals surface area contributed by atoms with E-state index in [1.807, 2.05) is 0 Å². The molecule has 23 heavy (non-hydrogen) atoms. The molecule has 4 aromatic rings. The molecule has 0 aliphatic carbocycles. The number of nitrogens with one attached hydrogen (secondary N) is 2. The van der Waals surface area contributed by atoms with Gasteiger partial charge in [-0.1, -0.05) is 30.3 Å². The summed E-state index contributed by atoms with van der Waals surface area (Å²) in [5, 5.41) is 2.83. The second-order valence-electron chi connectivity index (χ2n) is 6.77. The van der Waals surface area contributed by atoms with E-state index < -0.39 is 0 Å². The summed E-state index contributed by atoms with van der Waals surface area (Å²) in [6, 6.07) is 15.7. The standard InChI is InChI=1S/C20H17N3/c1-2-6-16-13(5-1)14-8-9-23-11-12-4-3-7-17-18(12)15(10-21-17)20(23)19(14)22-16/h1-7,10,20-22H,8-9,11H2. The van der Waals surface area contributed by atoms with Gasteiger partial charge in [0.05, 0.1) is 6.04 Å². The van der Waals surface area contributed by atoms with Gasteiger partial charge >= 0.3 is 0 Å². The molecule has 2 N–H and O–H groups in total. The van der Waals surface area contributed by atoms with Crippen molar-refractivity contribution >= 4 is 21.8 Å². The number of H-pyrrole nitrogens is 2. The summed E-state index contributed by atoms with van der Waals surface area (Å²) in [7, 11) is 0. The Kier molecular flexibility index (Phi) is 2.11. The number of aromatic amines is 2. The van der Waals surface area contributed by atoms with Gasteiger partial charge in [0.1, 0.15) is 0 Å². The number of aromatic nitrogens is 2. The summed E-state index contributed by atoms with van der Waals surface area (Å²) in [4.78, 5) is 9.81. The molecule has 0 saturated heterocycles. The predicted molar refractivity (Wildman–Crippen MR) is 92.6 cm³/mol. The zero-order chi connectivity index (χ0) is 15.0. The Bertz CT molecular complexity index is 1070. The van der Waals surface area contributed by atoms with E-state index in [9.17, 15) is 0 Å². The van der Waals surface area contributed by atoms with Crippen LogP contribution in [0.3, 0.4) is 0 Å². The summed E-state index contributed by atoms with van der Waals surface area (Å²) >= 11 is 0. The van der Waals surface area contributed by atoms with Gasteiger partial charge in [0.2, 0.25) is 0 Å². The Morgan fingerprint density at radius 2 is 1.91 bits per heavy atom.